The summed E-state index contributed by atoms with van der Waals surface area (Å²) in [4.78, 5) is 10.2. The highest BCUT2D eigenvalue weighted by Gasteiger charge is 2.37. The van der Waals surface area contributed by atoms with E-state index >= 15 is 0 Å². The van der Waals surface area contributed by atoms with Gasteiger partial charge in [-0.3, -0.25) is 9.98 Å². The highest BCUT2D eigenvalue weighted by Crippen LogP contribution is 2.40. The van der Waals surface area contributed by atoms with E-state index in [2.05, 4.69) is 0 Å². The van der Waals surface area contributed by atoms with E-state index in [1.54, 1.807) is 0 Å². The standard InChI is InChI=1S/C16H24N2/c1-2-6-12-10-16-15(9-11(12)5-1)17-13-7-3-4-8-14(13)18-16/h11-14H,1-10H2. The number of hydrogen-bond acceptors (Lipinski definition) is 2. The molecule has 0 aromatic carbocycles. The second-order valence-corrected chi connectivity index (χ2v) is 6.78. The zero-order chi connectivity index (χ0) is 11.9. The first-order chi connectivity index (χ1) is 8.90. The van der Waals surface area contributed by atoms with Gasteiger partial charge in [0.1, 0.15) is 0 Å². The molecule has 1 aliphatic heterocycles. The molecule has 2 heteroatoms. The van der Waals surface area contributed by atoms with Gasteiger partial charge in [-0.05, 0) is 50.4 Å². The molecular weight excluding hydrogens is 220 g/mol. The van der Waals surface area contributed by atoms with E-state index in [1.165, 1.54) is 75.6 Å². The summed E-state index contributed by atoms with van der Waals surface area (Å²) in [6.45, 7) is 0. The molecule has 0 aromatic rings. The van der Waals surface area contributed by atoms with E-state index in [-0.39, 0.29) is 0 Å². The van der Waals surface area contributed by atoms with Gasteiger partial charge in [0, 0.05) is 0 Å². The number of fused-ring (bicyclic) bond motifs is 3. The molecule has 0 N–H and O–H groups in total. The lowest BCUT2D eigenvalue weighted by Crippen LogP contribution is -2.41. The van der Waals surface area contributed by atoms with E-state index in [4.69, 9.17) is 9.98 Å². The van der Waals surface area contributed by atoms with Crippen LogP contribution in [-0.4, -0.2) is 23.5 Å². The van der Waals surface area contributed by atoms with Crippen molar-refractivity contribution >= 4 is 11.4 Å². The van der Waals surface area contributed by atoms with Gasteiger partial charge in [0.15, 0.2) is 0 Å². The van der Waals surface area contributed by atoms with Crippen LogP contribution in [0.2, 0.25) is 0 Å². The van der Waals surface area contributed by atoms with E-state index in [0.717, 1.165) is 11.8 Å². The normalized spacial score (nSPS) is 43.1. The molecule has 2 nitrogen and oxygen atoms in total. The molecule has 0 radical (unpaired) electrons. The van der Waals surface area contributed by atoms with Gasteiger partial charge in [0.2, 0.25) is 0 Å². The minimum absolute atomic E-state index is 0.553. The van der Waals surface area contributed by atoms with Crippen LogP contribution in [-0.2, 0) is 0 Å². The van der Waals surface area contributed by atoms with Crippen molar-refractivity contribution in [2.45, 2.75) is 76.3 Å². The predicted molar refractivity (Wildman–Crippen MR) is 75.6 cm³/mol. The summed E-state index contributed by atoms with van der Waals surface area (Å²) in [6, 6.07) is 1.11. The van der Waals surface area contributed by atoms with Gasteiger partial charge in [0.05, 0.1) is 23.5 Å². The van der Waals surface area contributed by atoms with E-state index in [0.29, 0.717) is 12.1 Å². The van der Waals surface area contributed by atoms with Crippen molar-refractivity contribution in [2.24, 2.45) is 21.8 Å². The van der Waals surface area contributed by atoms with Crippen LogP contribution in [0.25, 0.3) is 0 Å². The van der Waals surface area contributed by atoms with Crippen LogP contribution in [0.3, 0.4) is 0 Å². The summed E-state index contributed by atoms with van der Waals surface area (Å²) in [7, 11) is 0. The Morgan fingerprint density at radius 3 is 1.56 bits per heavy atom. The SMILES string of the molecule is C1CCC2CC3=NC4CCCCC4N=C3CC2C1. The Hall–Kier alpha value is -0.660. The molecule has 0 spiro atoms. The highest BCUT2D eigenvalue weighted by molar-refractivity contribution is 6.43. The molecule has 4 unspecified atom stereocenters. The molecule has 0 bridgehead atoms. The predicted octanol–water partition coefficient (Wildman–Crippen LogP) is 3.79. The summed E-state index contributed by atoms with van der Waals surface area (Å²) in [5.74, 6) is 1.88. The van der Waals surface area contributed by atoms with Gasteiger partial charge >= 0.3 is 0 Å². The molecular formula is C16H24N2. The first-order valence-corrected chi connectivity index (χ1v) is 8.04. The molecule has 18 heavy (non-hydrogen) atoms. The molecule has 4 rings (SSSR count). The molecule has 4 aliphatic rings. The lowest BCUT2D eigenvalue weighted by Gasteiger charge is -2.40. The van der Waals surface area contributed by atoms with E-state index in [1.807, 2.05) is 0 Å². The summed E-state index contributed by atoms with van der Waals surface area (Å²) in [6.07, 6.45) is 13.6. The molecule has 3 aliphatic carbocycles. The quantitative estimate of drug-likeness (QED) is 0.619. The average Bonchev–Trinajstić information content (AvgIpc) is 2.42. The fourth-order valence-electron chi connectivity index (χ4n) is 4.60. The molecule has 0 saturated heterocycles. The van der Waals surface area contributed by atoms with Crippen LogP contribution in [0.4, 0.5) is 0 Å². The maximum absolute atomic E-state index is 5.10. The lowest BCUT2D eigenvalue weighted by atomic mass is 9.69. The topological polar surface area (TPSA) is 24.7 Å². The monoisotopic (exact) mass is 244 g/mol. The van der Waals surface area contributed by atoms with Crippen molar-refractivity contribution in [3.05, 3.63) is 0 Å². The number of nitrogens with zero attached hydrogens (tertiary/aromatic N) is 2. The number of rotatable bonds is 0. The summed E-state index contributed by atoms with van der Waals surface area (Å²) >= 11 is 0. The molecule has 3 fully saturated rings. The van der Waals surface area contributed by atoms with Crippen molar-refractivity contribution in [3.8, 4) is 0 Å². The van der Waals surface area contributed by atoms with Gasteiger partial charge in [-0.15, -0.1) is 0 Å². The van der Waals surface area contributed by atoms with Crippen molar-refractivity contribution in [3.63, 3.8) is 0 Å². The van der Waals surface area contributed by atoms with Gasteiger partial charge in [-0.1, -0.05) is 25.7 Å². The Balaban J connectivity index is 1.59. The molecule has 4 atom stereocenters. The fourth-order valence-corrected chi connectivity index (χ4v) is 4.60. The minimum atomic E-state index is 0.553. The van der Waals surface area contributed by atoms with Crippen LogP contribution in [0.15, 0.2) is 9.98 Å². The molecule has 0 amide bonds. The number of hydrogen-bond donors (Lipinski definition) is 0. The maximum Gasteiger partial charge on any atom is 0.0727 e. The lowest BCUT2D eigenvalue weighted by molar-refractivity contribution is 0.242. The third-order valence-corrected chi connectivity index (χ3v) is 5.65. The Bertz CT molecular complexity index is 358. The Labute approximate surface area is 110 Å². The maximum atomic E-state index is 5.10. The highest BCUT2D eigenvalue weighted by atomic mass is 15.0. The average molecular weight is 244 g/mol. The smallest absolute Gasteiger partial charge is 0.0727 e. The summed E-state index contributed by atoms with van der Waals surface area (Å²) in [5, 5.41) is 0. The molecule has 98 valence electrons. The number of aliphatic imine (C=N–C) groups is 2. The second kappa shape index (κ2) is 4.47. The van der Waals surface area contributed by atoms with Crippen LogP contribution in [0.5, 0.6) is 0 Å². The van der Waals surface area contributed by atoms with Crippen molar-refractivity contribution in [2.75, 3.05) is 0 Å². The van der Waals surface area contributed by atoms with Crippen LogP contribution < -0.4 is 0 Å². The van der Waals surface area contributed by atoms with E-state index < -0.39 is 0 Å². The Morgan fingerprint density at radius 1 is 0.611 bits per heavy atom. The van der Waals surface area contributed by atoms with Crippen molar-refractivity contribution < 1.29 is 0 Å². The van der Waals surface area contributed by atoms with Crippen LogP contribution >= 0.6 is 0 Å². The third kappa shape index (κ3) is 1.85. The third-order valence-electron chi connectivity index (χ3n) is 5.65. The van der Waals surface area contributed by atoms with Crippen LogP contribution in [0, 0.1) is 11.8 Å². The van der Waals surface area contributed by atoms with Crippen molar-refractivity contribution in [1.82, 2.24) is 0 Å². The van der Waals surface area contributed by atoms with E-state index in [9.17, 15) is 0 Å². The van der Waals surface area contributed by atoms with Gasteiger partial charge < -0.3 is 0 Å². The molecule has 3 saturated carbocycles. The Morgan fingerprint density at radius 2 is 1.06 bits per heavy atom. The van der Waals surface area contributed by atoms with Gasteiger partial charge in [-0.25, -0.2) is 0 Å². The zero-order valence-corrected chi connectivity index (χ0v) is 11.3. The molecule has 1 heterocycles. The largest absolute Gasteiger partial charge is 0.282 e. The van der Waals surface area contributed by atoms with Crippen LogP contribution in [0.1, 0.15) is 64.2 Å². The fraction of sp³-hybridized carbons (Fsp3) is 0.875. The zero-order valence-electron chi connectivity index (χ0n) is 11.3. The first-order valence-electron chi connectivity index (χ1n) is 8.04. The first kappa shape index (κ1) is 11.2. The molecule has 0 aromatic heterocycles. The summed E-state index contributed by atoms with van der Waals surface area (Å²) < 4.78 is 0. The minimum Gasteiger partial charge on any atom is -0.282 e. The van der Waals surface area contributed by atoms with Gasteiger partial charge in [-0.2, -0.15) is 0 Å². The Kier molecular flexibility index (Phi) is 2.78. The summed E-state index contributed by atoms with van der Waals surface area (Å²) in [5.41, 5.74) is 2.84. The van der Waals surface area contributed by atoms with Gasteiger partial charge in [0.25, 0.3) is 0 Å². The van der Waals surface area contributed by atoms with Crippen molar-refractivity contribution in [1.29, 1.82) is 0 Å². The second-order valence-electron chi connectivity index (χ2n) is 6.78.